The van der Waals surface area contributed by atoms with Gasteiger partial charge in [0, 0.05) is 23.0 Å². The Labute approximate surface area is 126 Å². The maximum absolute atomic E-state index is 13.1. The lowest BCUT2D eigenvalue weighted by molar-refractivity contribution is -0.128. The number of carbonyl (C=O) groups excluding carboxylic acids is 3. The molecule has 1 saturated heterocycles. The SMILES string of the molecule is O=C1c2ccccc2C(=O)[C@@]23O[C@@]12C(=O)C1C3[C@@H]2C=C[C@H]1C2. The minimum atomic E-state index is -1.50. The number of Topliss-reactive ketones (excluding diaryl/α,β-unsaturated/α-hetero) is 3. The fraction of sp³-hybridized carbons (Fsp3) is 0.389. The number of hydrogen-bond donors (Lipinski definition) is 0. The third-order valence-corrected chi connectivity index (χ3v) is 6.45. The molecule has 0 radical (unpaired) electrons. The molecule has 0 aromatic heterocycles. The van der Waals surface area contributed by atoms with Crippen LogP contribution < -0.4 is 0 Å². The third kappa shape index (κ3) is 0.825. The van der Waals surface area contributed by atoms with Crippen LogP contribution >= 0.6 is 0 Å². The van der Waals surface area contributed by atoms with E-state index < -0.39 is 11.2 Å². The minimum Gasteiger partial charge on any atom is -0.337 e. The van der Waals surface area contributed by atoms with Crippen LogP contribution in [0.2, 0.25) is 0 Å². The van der Waals surface area contributed by atoms with Gasteiger partial charge in [-0.25, -0.2) is 0 Å². The number of hydrogen-bond acceptors (Lipinski definition) is 4. The van der Waals surface area contributed by atoms with Crippen LogP contribution in [0.15, 0.2) is 36.4 Å². The van der Waals surface area contributed by atoms with E-state index in [0.29, 0.717) is 11.1 Å². The average molecular weight is 292 g/mol. The van der Waals surface area contributed by atoms with E-state index in [9.17, 15) is 14.4 Å². The molecule has 4 nitrogen and oxygen atoms in total. The maximum atomic E-state index is 13.1. The van der Waals surface area contributed by atoms with Gasteiger partial charge >= 0.3 is 0 Å². The molecule has 5 aliphatic rings. The van der Waals surface area contributed by atoms with Crippen molar-refractivity contribution < 1.29 is 19.1 Å². The van der Waals surface area contributed by atoms with Crippen molar-refractivity contribution in [2.75, 3.05) is 0 Å². The summed E-state index contributed by atoms with van der Waals surface area (Å²) in [5.74, 6) is -0.626. The van der Waals surface area contributed by atoms with Crippen LogP contribution in [0.1, 0.15) is 27.1 Å². The molecule has 2 bridgehead atoms. The molecule has 0 spiro atoms. The summed E-state index contributed by atoms with van der Waals surface area (Å²) in [6.45, 7) is 0. The molecule has 22 heavy (non-hydrogen) atoms. The molecule has 4 heteroatoms. The summed E-state index contributed by atoms with van der Waals surface area (Å²) < 4.78 is 5.79. The Balaban J connectivity index is 1.66. The second kappa shape index (κ2) is 3.01. The lowest BCUT2D eigenvalue weighted by Gasteiger charge is -2.26. The van der Waals surface area contributed by atoms with Crippen LogP contribution in [0, 0.1) is 23.7 Å². The summed E-state index contributed by atoms with van der Waals surface area (Å²) in [5.41, 5.74) is -1.95. The topological polar surface area (TPSA) is 63.7 Å². The van der Waals surface area contributed by atoms with Crippen molar-refractivity contribution in [2.24, 2.45) is 23.7 Å². The van der Waals surface area contributed by atoms with Gasteiger partial charge in [-0.05, 0) is 18.3 Å². The van der Waals surface area contributed by atoms with Crippen LogP contribution in [0.3, 0.4) is 0 Å². The van der Waals surface area contributed by atoms with Gasteiger partial charge in [-0.15, -0.1) is 0 Å². The average Bonchev–Trinajstić information content (AvgIpc) is 2.83. The molecule has 1 heterocycles. The molecule has 2 unspecified atom stereocenters. The number of rotatable bonds is 0. The fourth-order valence-corrected chi connectivity index (χ4v) is 5.67. The van der Waals surface area contributed by atoms with E-state index in [0.717, 1.165) is 6.42 Å². The molecule has 1 aliphatic heterocycles. The van der Waals surface area contributed by atoms with Crippen LogP contribution in [0.25, 0.3) is 0 Å². The Morgan fingerprint density at radius 2 is 1.64 bits per heavy atom. The summed E-state index contributed by atoms with van der Waals surface area (Å²) in [7, 11) is 0. The van der Waals surface area contributed by atoms with Gasteiger partial charge in [-0.3, -0.25) is 14.4 Å². The zero-order valence-electron chi connectivity index (χ0n) is 11.6. The molecule has 6 rings (SSSR count). The van der Waals surface area contributed by atoms with Crippen LogP contribution in [0.4, 0.5) is 0 Å². The third-order valence-electron chi connectivity index (χ3n) is 6.45. The van der Waals surface area contributed by atoms with Crippen molar-refractivity contribution in [3.8, 4) is 0 Å². The minimum absolute atomic E-state index is 0.151. The fourth-order valence-electron chi connectivity index (χ4n) is 5.67. The molecule has 108 valence electrons. The number of carbonyl (C=O) groups is 3. The molecule has 6 atom stereocenters. The highest BCUT2D eigenvalue weighted by atomic mass is 16.6. The van der Waals surface area contributed by atoms with Gasteiger partial charge < -0.3 is 4.74 Å². The summed E-state index contributed by atoms with van der Waals surface area (Å²) in [6, 6.07) is 6.79. The molecular formula is C18H12O4. The molecule has 2 saturated carbocycles. The summed E-state index contributed by atoms with van der Waals surface area (Å²) in [5, 5.41) is 0. The molecule has 1 aromatic rings. The van der Waals surface area contributed by atoms with E-state index >= 15 is 0 Å². The molecule has 4 aliphatic carbocycles. The Bertz CT molecular complexity index is 852. The molecular weight excluding hydrogens is 280 g/mol. The number of ketones is 3. The maximum Gasteiger partial charge on any atom is 0.227 e. The second-order valence-corrected chi connectivity index (χ2v) is 7.09. The lowest BCUT2D eigenvalue weighted by atomic mass is 9.70. The van der Waals surface area contributed by atoms with Gasteiger partial charge in [0.1, 0.15) is 0 Å². The number of epoxide rings is 1. The van der Waals surface area contributed by atoms with Gasteiger partial charge in [0.05, 0.1) is 0 Å². The Hall–Kier alpha value is -2.07. The lowest BCUT2D eigenvalue weighted by Crippen LogP contribution is -2.47. The summed E-state index contributed by atoms with van der Waals surface area (Å²) in [4.78, 5) is 39.1. The van der Waals surface area contributed by atoms with Gasteiger partial charge in [-0.1, -0.05) is 36.4 Å². The molecule has 3 fully saturated rings. The first-order valence-corrected chi connectivity index (χ1v) is 7.74. The summed E-state index contributed by atoms with van der Waals surface area (Å²) >= 11 is 0. The largest absolute Gasteiger partial charge is 0.337 e. The Morgan fingerprint density at radius 3 is 2.41 bits per heavy atom. The Kier molecular flexibility index (Phi) is 1.57. The second-order valence-electron chi connectivity index (χ2n) is 7.09. The highest BCUT2D eigenvalue weighted by molar-refractivity contribution is 6.36. The van der Waals surface area contributed by atoms with Gasteiger partial charge in [-0.2, -0.15) is 0 Å². The highest BCUT2D eigenvalue weighted by Gasteiger charge is 2.94. The van der Waals surface area contributed by atoms with E-state index in [1.54, 1.807) is 24.3 Å². The zero-order valence-corrected chi connectivity index (χ0v) is 11.6. The zero-order chi connectivity index (χ0) is 14.9. The van der Waals surface area contributed by atoms with E-state index in [2.05, 4.69) is 12.2 Å². The van der Waals surface area contributed by atoms with Crippen molar-refractivity contribution in [1.29, 1.82) is 0 Å². The van der Waals surface area contributed by atoms with E-state index in [1.165, 1.54) is 0 Å². The van der Waals surface area contributed by atoms with E-state index in [4.69, 9.17) is 4.74 Å². The first kappa shape index (κ1) is 11.5. The van der Waals surface area contributed by atoms with Gasteiger partial charge in [0.25, 0.3) is 0 Å². The van der Waals surface area contributed by atoms with E-state index in [1.807, 2.05) is 0 Å². The number of ether oxygens (including phenoxy) is 1. The first-order valence-electron chi connectivity index (χ1n) is 7.74. The number of allylic oxidation sites excluding steroid dienone is 2. The molecule has 1 aromatic carbocycles. The van der Waals surface area contributed by atoms with Gasteiger partial charge in [0.2, 0.25) is 11.4 Å². The van der Waals surface area contributed by atoms with Crippen molar-refractivity contribution in [1.82, 2.24) is 0 Å². The smallest absolute Gasteiger partial charge is 0.227 e. The van der Waals surface area contributed by atoms with Crippen molar-refractivity contribution in [2.45, 2.75) is 17.6 Å². The van der Waals surface area contributed by atoms with Crippen LogP contribution in [-0.2, 0) is 9.53 Å². The first-order chi connectivity index (χ1) is 10.6. The van der Waals surface area contributed by atoms with Crippen LogP contribution in [0.5, 0.6) is 0 Å². The predicted octanol–water partition coefficient (Wildman–Crippen LogP) is 1.59. The monoisotopic (exact) mass is 292 g/mol. The normalized spacial score (nSPS) is 49.0. The molecule has 0 N–H and O–H groups in total. The highest BCUT2D eigenvalue weighted by Crippen LogP contribution is 2.73. The standard InChI is InChI=1S/C18H12O4/c19-14-10-3-1-2-4-11(10)15(20)18-16(21)12-8-5-6-9(7-8)13(12)17(14,18)22-18/h1-6,8-9,12-13H,7H2/t8-,9+,12?,13?,17+,18+/m0/s1. The Morgan fingerprint density at radius 1 is 0.955 bits per heavy atom. The van der Waals surface area contributed by atoms with Crippen molar-refractivity contribution >= 4 is 17.3 Å². The summed E-state index contributed by atoms with van der Waals surface area (Å²) in [6.07, 6.45) is 5.09. The molecule has 0 amide bonds. The van der Waals surface area contributed by atoms with Gasteiger partial charge in [0.15, 0.2) is 17.2 Å². The predicted molar refractivity (Wildman–Crippen MR) is 74.4 cm³/mol. The van der Waals surface area contributed by atoms with E-state index in [-0.39, 0.29) is 41.0 Å². The quantitative estimate of drug-likeness (QED) is 0.414. The van der Waals surface area contributed by atoms with Crippen molar-refractivity contribution in [3.05, 3.63) is 47.5 Å². The number of fused-ring (bicyclic) bond motifs is 6. The number of benzene rings is 1. The van der Waals surface area contributed by atoms with Crippen molar-refractivity contribution in [3.63, 3.8) is 0 Å². The van der Waals surface area contributed by atoms with Crippen LogP contribution in [-0.4, -0.2) is 28.6 Å².